The van der Waals surface area contributed by atoms with Crippen LogP contribution in [0.3, 0.4) is 0 Å². The van der Waals surface area contributed by atoms with E-state index in [1.54, 1.807) is 18.2 Å². The molecule has 1 unspecified atom stereocenters. The monoisotopic (exact) mass is 274 g/mol. The second-order valence-corrected chi connectivity index (χ2v) is 4.21. The molecule has 4 nitrogen and oxygen atoms in total. The zero-order valence-electron chi connectivity index (χ0n) is 11.0. The summed E-state index contributed by atoms with van der Waals surface area (Å²) in [4.78, 5) is 11.3. The maximum absolute atomic E-state index is 14.1. The summed E-state index contributed by atoms with van der Waals surface area (Å²) in [5, 5.41) is 2.47. The molecule has 0 heterocycles. The first-order valence-corrected chi connectivity index (χ1v) is 6.07. The molecule has 3 N–H and O–H groups in total. The second-order valence-electron chi connectivity index (χ2n) is 4.21. The summed E-state index contributed by atoms with van der Waals surface area (Å²) < 4.78 is 18.6. The molecule has 2 rings (SSSR count). The van der Waals surface area contributed by atoms with Gasteiger partial charge in [-0.1, -0.05) is 36.4 Å². The van der Waals surface area contributed by atoms with Gasteiger partial charge >= 0.3 is 6.09 Å². The highest BCUT2D eigenvalue weighted by molar-refractivity contribution is 5.85. The molecule has 1 atom stereocenters. The third-order valence-electron chi connectivity index (χ3n) is 2.94. The van der Waals surface area contributed by atoms with E-state index >= 15 is 0 Å². The van der Waals surface area contributed by atoms with Gasteiger partial charge in [0.05, 0.1) is 18.8 Å². The molecular weight excluding hydrogens is 259 g/mol. The predicted molar refractivity (Wildman–Crippen MR) is 74.9 cm³/mol. The number of benzene rings is 2. The van der Waals surface area contributed by atoms with Crippen molar-refractivity contribution in [2.24, 2.45) is 5.73 Å². The van der Waals surface area contributed by atoms with E-state index in [-0.39, 0.29) is 5.56 Å². The van der Waals surface area contributed by atoms with Crippen LogP contribution in [0.1, 0.15) is 17.2 Å². The first kappa shape index (κ1) is 14.0. The molecule has 0 radical (unpaired) electrons. The van der Waals surface area contributed by atoms with Gasteiger partial charge in [0.25, 0.3) is 0 Å². The van der Waals surface area contributed by atoms with Gasteiger partial charge < -0.3 is 10.5 Å². The standard InChI is InChI=1S/C15H15FN2O2/c1-20-15(19)18-12-9-5-8-11(16)13(12)14(17)10-6-3-2-4-7-10/h2-9,14H,17H2,1H3,(H,18,19). The summed E-state index contributed by atoms with van der Waals surface area (Å²) in [6.45, 7) is 0. The van der Waals surface area contributed by atoms with Crippen molar-refractivity contribution in [3.63, 3.8) is 0 Å². The minimum atomic E-state index is -0.676. The SMILES string of the molecule is COC(=O)Nc1cccc(F)c1C(N)c1ccccc1. The molecule has 2 aromatic rings. The molecule has 0 aliphatic carbocycles. The highest BCUT2D eigenvalue weighted by Gasteiger charge is 2.19. The quantitative estimate of drug-likeness (QED) is 0.904. The van der Waals surface area contributed by atoms with Crippen molar-refractivity contribution >= 4 is 11.8 Å². The van der Waals surface area contributed by atoms with E-state index in [0.29, 0.717) is 5.69 Å². The molecule has 0 aromatic heterocycles. The molecule has 0 bridgehead atoms. The van der Waals surface area contributed by atoms with Gasteiger partial charge in [-0.25, -0.2) is 9.18 Å². The van der Waals surface area contributed by atoms with E-state index in [2.05, 4.69) is 10.1 Å². The Balaban J connectivity index is 2.42. The van der Waals surface area contributed by atoms with Crippen molar-refractivity contribution in [3.05, 3.63) is 65.5 Å². The fourth-order valence-corrected chi connectivity index (χ4v) is 1.95. The Morgan fingerprint density at radius 3 is 2.55 bits per heavy atom. The van der Waals surface area contributed by atoms with Crippen molar-refractivity contribution in [1.82, 2.24) is 0 Å². The number of halogens is 1. The van der Waals surface area contributed by atoms with Crippen molar-refractivity contribution in [2.75, 3.05) is 12.4 Å². The smallest absolute Gasteiger partial charge is 0.411 e. The van der Waals surface area contributed by atoms with Gasteiger partial charge in [-0.15, -0.1) is 0 Å². The summed E-state index contributed by atoms with van der Waals surface area (Å²) in [5.74, 6) is -0.477. The molecule has 5 heteroatoms. The molecule has 0 fully saturated rings. The lowest BCUT2D eigenvalue weighted by molar-refractivity contribution is 0.187. The van der Waals surface area contributed by atoms with Gasteiger partial charge in [0, 0.05) is 5.56 Å². The van der Waals surface area contributed by atoms with Crippen LogP contribution >= 0.6 is 0 Å². The van der Waals surface area contributed by atoms with Crippen molar-refractivity contribution in [2.45, 2.75) is 6.04 Å². The van der Waals surface area contributed by atoms with E-state index in [4.69, 9.17) is 5.73 Å². The lowest BCUT2D eigenvalue weighted by Crippen LogP contribution is -2.19. The average Bonchev–Trinajstić information content (AvgIpc) is 2.47. The summed E-state index contributed by atoms with van der Waals surface area (Å²) in [5.41, 5.74) is 7.38. The van der Waals surface area contributed by atoms with Gasteiger partial charge in [-0.2, -0.15) is 0 Å². The summed E-state index contributed by atoms with van der Waals surface area (Å²) >= 11 is 0. The van der Waals surface area contributed by atoms with Crippen LogP contribution in [0.5, 0.6) is 0 Å². The first-order valence-electron chi connectivity index (χ1n) is 6.07. The minimum absolute atomic E-state index is 0.226. The van der Waals surface area contributed by atoms with Gasteiger partial charge in [-0.3, -0.25) is 5.32 Å². The van der Waals surface area contributed by atoms with Crippen LogP contribution in [0.25, 0.3) is 0 Å². The zero-order valence-corrected chi connectivity index (χ0v) is 11.0. The number of hydrogen-bond acceptors (Lipinski definition) is 3. The van der Waals surface area contributed by atoms with E-state index in [1.807, 2.05) is 18.2 Å². The van der Waals surface area contributed by atoms with Gasteiger partial charge in [-0.05, 0) is 17.7 Å². The van der Waals surface area contributed by atoms with Crippen LogP contribution in [0, 0.1) is 5.82 Å². The van der Waals surface area contributed by atoms with Crippen LogP contribution in [0.4, 0.5) is 14.9 Å². The van der Waals surface area contributed by atoms with Crippen molar-refractivity contribution in [3.8, 4) is 0 Å². The van der Waals surface area contributed by atoms with E-state index in [9.17, 15) is 9.18 Å². The second kappa shape index (κ2) is 6.16. The number of rotatable bonds is 3. The normalized spacial score (nSPS) is 11.8. The first-order chi connectivity index (χ1) is 9.63. The van der Waals surface area contributed by atoms with Gasteiger partial charge in [0.15, 0.2) is 0 Å². The molecular formula is C15H15FN2O2. The number of amides is 1. The molecule has 104 valence electrons. The Morgan fingerprint density at radius 2 is 1.90 bits per heavy atom. The third kappa shape index (κ3) is 2.95. The van der Waals surface area contributed by atoms with Crippen LogP contribution < -0.4 is 11.1 Å². The number of methoxy groups -OCH3 is 1. The summed E-state index contributed by atoms with van der Waals surface area (Å²) in [6, 6.07) is 12.8. The summed E-state index contributed by atoms with van der Waals surface area (Å²) in [6.07, 6.45) is -0.669. The maximum atomic E-state index is 14.1. The van der Waals surface area contributed by atoms with Crippen molar-refractivity contribution in [1.29, 1.82) is 0 Å². The third-order valence-corrected chi connectivity index (χ3v) is 2.94. The topological polar surface area (TPSA) is 64.3 Å². The number of carbonyl (C=O) groups is 1. The zero-order chi connectivity index (χ0) is 14.5. The Bertz CT molecular complexity index is 602. The number of carbonyl (C=O) groups excluding carboxylic acids is 1. The predicted octanol–water partition coefficient (Wildman–Crippen LogP) is 3.05. The van der Waals surface area contributed by atoms with Gasteiger partial charge in [0.1, 0.15) is 5.82 Å². The van der Waals surface area contributed by atoms with E-state index in [1.165, 1.54) is 19.2 Å². The molecule has 0 aliphatic heterocycles. The van der Waals surface area contributed by atoms with Crippen LogP contribution in [0.2, 0.25) is 0 Å². The van der Waals surface area contributed by atoms with E-state index < -0.39 is 18.0 Å². The number of anilines is 1. The fourth-order valence-electron chi connectivity index (χ4n) is 1.95. The number of nitrogens with one attached hydrogen (secondary N) is 1. The largest absolute Gasteiger partial charge is 0.453 e. The molecule has 0 spiro atoms. The molecule has 0 saturated heterocycles. The lowest BCUT2D eigenvalue weighted by atomic mass is 9.97. The highest BCUT2D eigenvalue weighted by Crippen LogP contribution is 2.29. The van der Waals surface area contributed by atoms with Crippen LogP contribution in [0.15, 0.2) is 48.5 Å². The molecule has 2 aromatic carbocycles. The van der Waals surface area contributed by atoms with Gasteiger partial charge in [0.2, 0.25) is 0 Å². The molecule has 20 heavy (non-hydrogen) atoms. The molecule has 1 amide bonds. The average molecular weight is 274 g/mol. The molecule has 0 saturated carbocycles. The van der Waals surface area contributed by atoms with Crippen LogP contribution in [-0.4, -0.2) is 13.2 Å². The Kier molecular flexibility index (Phi) is 4.32. The Labute approximate surface area is 116 Å². The summed E-state index contributed by atoms with van der Waals surface area (Å²) in [7, 11) is 1.24. The number of nitrogens with two attached hydrogens (primary N) is 1. The molecule has 0 aliphatic rings. The van der Waals surface area contributed by atoms with Crippen molar-refractivity contribution < 1.29 is 13.9 Å². The highest BCUT2D eigenvalue weighted by atomic mass is 19.1. The van der Waals surface area contributed by atoms with E-state index in [0.717, 1.165) is 5.56 Å². The lowest BCUT2D eigenvalue weighted by Gasteiger charge is -2.18. The Hall–Kier alpha value is -2.40. The fraction of sp³-hybridized carbons (Fsp3) is 0.133. The number of ether oxygens (including phenoxy) is 1. The number of hydrogen-bond donors (Lipinski definition) is 2. The maximum Gasteiger partial charge on any atom is 0.411 e. The van der Waals surface area contributed by atoms with Crippen LogP contribution in [-0.2, 0) is 4.74 Å². The minimum Gasteiger partial charge on any atom is -0.453 e. The Morgan fingerprint density at radius 1 is 1.20 bits per heavy atom.